The van der Waals surface area contributed by atoms with Crippen molar-refractivity contribution in [1.29, 1.82) is 0 Å². The van der Waals surface area contributed by atoms with Crippen LogP contribution in [0.3, 0.4) is 0 Å². The molecule has 1 atom stereocenters. The molecule has 2 heterocycles. The van der Waals surface area contributed by atoms with Gasteiger partial charge in [0.25, 0.3) is 0 Å². The van der Waals surface area contributed by atoms with Gasteiger partial charge in [-0.15, -0.1) is 12.4 Å². The van der Waals surface area contributed by atoms with Crippen molar-refractivity contribution >= 4 is 40.1 Å². The predicted octanol–water partition coefficient (Wildman–Crippen LogP) is 1.18. The number of nitrogens with zero attached hydrogens (tertiary/aromatic N) is 1. The minimum absolute atomic E-state index is 0. The highest BCUT2D eigenvalue weighted by Crippen LogP contribution is 2.11. The van der Waals surface area contributed by atoms with E-state index in [0.29, 0.717) is 10.4 Å². The number of halogens is 2. The van der Waals surface area contributed by atoms with Crippen LogP contribution in [-0.4, -0.2) is 23.5 Å². The van der Waals surface area contributed by atoms with E-state index >= 15 is 0 Å². The number of rotatable bonds is 2. The molecular formula is C8H9BrClN3O. The third kappa shape index (κ3) is 2.94. The molecule has 4 nitrogen and oxygen atoms in total. The van der Waals surface area contributed by atoms with Gasteiger partial charge in [-0.25, -0.2) is 4.98 Å². The van der Waals surface area contributed by atoms with Gasteiger partial charge in [0.15, 0.2) is 0 Å². The van der Waals surface area contributed by atoms with Crippen LogP contribution in [-0.2, 0) is 4.79 Å². The molecule has 0 saturated carbocycles. The minimum atomic E-state index is -0.0271. The van der Waals surface area contributed by atoms with Crippen molar-refractivity contribution in [2.45, 2.75) is 6.04 Å². The van der Waals surface area contributed by atoms with Crippen molar-refractivity contribution in [3.63, 3.8) is 0 Å². The van der Waals surface area contributed by atoms with Crippen LogP contribution >= 0.6 is 28.3 Å². The highest BCUT2D eigenvalue weighted by Gasteiger charge is 2.28. The number of anilines is 1. The SMILES string of the molecule is Cl.O=C(Nc1cccc(Br)n1)[C@@H]1CN1. The number of carbonyl (C=O) groups excluding carboxylic acids is 1. The largest absolute Gasteiger partial charge is 0.309 e. The zero-order valence-electron chi connectivity index (χ0n) is 7.16. The lowest BCUT2D eigenvalue weighted by Crippen LogP contribution is -2.20. The van der Waals surface area contributed by atoms with Crippen LogP contribution in [0.15, 0.2) is 22.8 Å². The summed E-state index contributed by atoms with van der Waals surface area (Å²) in [6.45, 7) is 0.764. The molecule has 1 fully saturated rings. The van der Waals surface area contributed by atoms with E-state index in [9.17, 15) is 4.79 Å². The molecule has 0 unspecified atom stereocenters. The monoisotopic (exact) mass is 277 g/mol. The standard InChI is InChI=1S/C8H8BrN3O.ClH/c9-6-2-1-3-7(11-6)12-8(13)5-4-10-5;/h1-3,5,10H,4H2,(H,11,12,13);1H/t5-;/m0./s1. The van der Waals surface area contributed by atoms with Gasteiger partial charge in [0.1, 0.15) is 10.4 Å². The van der Waals surface area contributed by atoms with E-state index in [1.54, 1.807) is 6.07 Å². The topological polar surface area (TPSA) is 63.9 Å². The van der Waals surface area contributed by atoms with Crippen molar-refractivity contribution in [3.8, 4) is 0 Å². The van der Waals surface area contributed by atoms with Gasteiger partial charge >= 0.3 is 0 Å². The molecule has 1 aliphatic heterocycles. The molecular weight excluding hydrogens is 269 g/mol. The number of nitrogens with one attached hydrogen (secondary N) is 2. The quantitative estimate of drug-likeness (QED) is 0.631. The summed E-state index contributed by atoms with van der Waals surface area (Å²) < 4.78 is 0.717. The Balaban J connectivity index is 0.000000980. The second-order valence-electron chi connectivity index (χ2n) is 2.80. The Kier molecular flexibility index (Phi) is 3.86. The second kappa shape index (κ2) is 4.72. The number of pyridine rings is 1. The molecule has 0 bridgehead atoms. The van der Waals surface area contributed by atoms with Crippen LogP contribution in [0, 0.1) is 0 Å². The maximum Gasteiger partial charge on any atom is 0.243 e. The molecule has 0 aromatic carbocycles. The van der Waals surface area contributed by atoms with E-state index in [2.05, 4.69) is 31.5 Å². The fraction of sp³-hybridized carbons (Fsp3) is 0.250. The summed E-state index contributed by atoms with van der Waals surface area (Å²) >= 11 is 3.23. The highest BCUT2D eigenvalue weighted by atomic mass is 79.9. The van der Waals surface area contributed by atoms with Crippen LogP contribution in [0.2, 0.25) is 0 Å². The maximum absolute atomic E-state index is 11.3. The molecule has 1 amide bonds. The average Bonchev–Trinajstić information content (AvgIpc) is 2.85. The smallest absolute Gasteiger partial charge is 0.243 e. The Labute approximate surface area is 96.0 Å². The molecule has 0 aliphatic carbocycles. The van der Waals surface area contributed by atoms with Gasteiger partial charge in [-0.1, -0.05) is 6.07 Å². The molecule has 2 N–H and O–H groups in total. The first kappa shape index (κ1) is 11.4. The van der Waals surface area contributed by atoms with Crippen molar-refractivity contribution in [3.05, 3.63) is 22.8 Å². The lowest BCUT2D eigenvalue weighted by molar-refractivity contribution is -0.115. The van der Waals surface area contributed by atoms with Gasteiger partial charge in [0.2, 0.25) is 5.91 Å². The van der Waals surface area contributed by atoms with E-state index in [1.807, 2.05) is 12.1 Å². The lowest BCUT2D eigenvalue weighted by atomic mass is 10.4. The minimum Gasteiger partial charge on any atom is -0.309 e. The number of amides is 1. The molecule has 0 spiro atoms. The van der Waals surface area contributed by atoms with Crippen LogP contribution in [0.5, 0.6) is 0 Å². The third-order valence-corrected chi connectivity index (χ3v) is 2.13. The zero-order chi connectivity index (χ0) is 9.26. The molecule has 6 heteroatoms. The Morgan fingerprint density at radius 2 is 2.36 bits per heavy atom. The molecule has 1 aliphatic rings. The molecule has 2 rings (SSSR count). The van der Waals surface area contributed by atoms with E-state index in [-0.39, 0.29) is 24.4 Å². The first-order valence-corrected chi connectivity index (χ1v) is 4.72. The Hall–Kier alpha value is -0.650. The predicted molar refractivity (Wildman–Crippen MR) is 59.6 cm³/mol. The summed E-state index contributed by atoms with van der Waals surface area (Å²) in [6, 6.07) is 5.36. The fourth-order valence-corrected chi connectivity index (χ4v) is 1.28. The lowest BCUT2D eigenvalue weighted by Gasteiger charge is -2.01. The van der Waals surface area contributed by atoms with Crippen LogP contribution in [0.4, 0.5) is 5.82 Å². The van der Waals surface area contributed by atoms with Gasteiger partial charge in [0, 0.05) is 6.54 Å². The zero-order valence-corrected chi connectivity index (χ0v) is 9.56. The summed E-state index contributed by atoms with van der Waals surface area (Å²) in [5, 5.41) is 5.62. The normalized spacial score (nSPS) is 18.2. The summed E-state index contributed by atoms with van der Waals surface area (Å²) in [7, 11) is 0. The van der Waals surface area contributed by atoms with E-state index in [1.165, 1.54) is 0 Å². The number of hydrogen-bond acceptors (Lipinski definition) is 3. The Morgan fingerprint density at radius 3 is 2.93 bits per heavy atom. The Bertz CT molecular complexity index is 343. The maximum atomic E-state index is 11.3. The van der Waals surface area contributed by atoms with Gasteiger partial charge in [-0.2, -0.15) is 0 Å². The molecule has 14 heavy (non-hydrogen) atoms. The number of aromatic nitrogens is 1. The Morgan fingerprint density at radius 1 is 1.64 bits per heavy atom. The van der Waals surface area contributed by atoms with Gasteiger partial charge in [0.05, 0.1) is 6.04 Å². The first-order valence-electron chi connectivity index (χ1n) is 3.92. The molecule has 0 radical (unpaired) electrons. The van der Waals surface area contributed by atoms with Crippen molar-refractivity contribution in [1.82, 2.24) is 10.3 Å². The molecule has 1 aromatic heterocycles. The van der Waals surface area contributed by atoms with Crippen LogP contribution in [0.25, 0.3) is 0 Å². The highest BCUT2D eigenvalue weighted by molar-refractivity contribution is 9.10. The third-order valence-electron chi connectivity index (χ3n) is 1.69. The van der Waals surface area contributed by atoms with Crippen molar-refractivity contribution in [2.24, 2.45) is 0 Å². The number of hydrogen-bond donors (Lipinski definition) is 2. The number of carbonyl (C=O) groups is 1. The van der Waals surface area contributed by atoms with Gasteiger partial charge in [-0.05, 0) is 28.1 Å². The molecule has 1 saturated heterocycles. The fourth-order valence-electron chi connectivity index (χ4n) is 0.936. The van der Waals surface area contributed by atoms with Crippen molar-refractivity contribution < 1.29 is 4.79 Å². The summed E-state index contributed by atoms with van der Waals surface area (Å²) in [5.41, 5.74) is 0. The molecule has 1 aromatic rings. The average molecular weight is 279 g/mol. The van der Waals surface area contributed by atoms with E-state index < -0.39 is 0 Å². The first-order chi connectivity index (χ1) is 6.25. The van der Waals surface area contributed by atoms with Crippen molar-refractivity contribution in [2.75, 3.05) is 11.9 Å². The second-order valence-corrected chi connectivity index (χ2v) is 3.61. The summed E-state index contributed by atoms with van der Waals surface area (Å²) in [6.07, 6.45) is 0. The van der Waals surface area contributed by atoms with Gasteiger partial charge in [-0.3, -0.25) is 4.79 Å². The van der Waals surface area contributed by atoms with E-state index in [4.69, 9.17) is 0 Å². The summed E-state index contributed by atoms with van der Waals surface area (Å²) in [4.78, 5) is 15.3. The van der Waals surface area contributed by atoms with Crippen LogP contribution in [0.1, 0.15) is 0 Å². The van der Waals surface area contributed by atoms with Crippen LogP contribution < -0.4 is 10.6 Å². The molecule has 76 valence electrons. The van der Waals surface area contributed by atoms with Gasteiger partial charge < -0.3 is 10.6 Å². The van der Waals surface area contributed by atoms with E-state index in [0.717, 1.165) is 6.54 Å². The summed E-state index contributed by atoms with van der Waals surface area (Å²) in [5.74, 6) is 0.554.